The Morgan fingerprint density at radius 1 is 1.36 bits per heavy atom. The van der Waals surface area contributed by atoms with Crippen molar-refractivity contribution < 1.29 is 4.79 Å². The third-order valence-corrected chi connectivity index (χ3v) is 5.28. The molecule has 0 spiro atoms. The molecule has 128 valence electrons. The minimum atomic E-state index is -0.127. The minimum Gasteiger partial charge on any atom is -0.325 e. The molecule has 0 aliphatic heterocycles. The van der Waals surface area contributed by atoms with Crippen molar-refractivity contribution in [3.63, 3.8) is 0 Å². The molecule has 0 atom stereocenters. The van der Waals surface area contributed by atoms with E-state index in [1.54, 1.807) is 41.7 Å². The number of halogens is 1. The monoisotopic (exact) mass is 390 g/mol. The zero-order chi connectivity index (χ0) is 17.6. The molecule has 8 heteroatoms. The largest absolute Gasteiger partial charge is 0.325 e. The molecule has 5 nitrogen and oxygen atoms in total. The van der Waals surface area contributed by atoms with Crippen molar-refractivity contribution >= 4 is 46.3 Å². The van der Waals surface area contributed by atoms with E-state index in [0.29, 0.717) is 22.4 Å². The molecule has 0 aliphatic rings. The molecule has 3 rings (SSSR count). The molecule has 0 radical (unpaired) electrons. The van der Waals surface area contributed by atoms with Crippen LogP contribution in [0.25, 0.3) is 10.7 Å². The molecular formula is C17H15ClN4OS2. The number of thioether (sulfide) groups is 1. The number of carbonyl (C=O) groups is 1. The molecule has 3 aromatic rings. The van der Waals surface area contributed by atoms with Gasteiger partial charge in [0.25, 0.3) is 0 Å². The van der Waals surface area contributed by atoms with Gasteiger partial charge in [-0.15, -0.1) is 28.1 Å². The number of aromatic nitrogens is 3. The molecular weight excluding hydrogens is 376 g/mol. The third kappa shape index (κ3) is 4.50. The van der Waals surface area contributed by atoms with Gasteiger partial charge in [-0.1, -0.05) is 41.6 Å². The Kier molecular flexibility index (Phi) is 5.91. The van der Waals surface area contributed by atoms with Gasteiger partial charge in [0.15, 0.2) is 11.0 Å². The summed E-state index contributed by atoms with van der Waals surface area (Å²) in [5.74, 6) is 0.886. The second kappa shape index (κ2) is 8.33. The minimum absolute atomic E-state index is 0.127. The molecule has 1 aromatic carbocycles. The van der Waals surface area contributed by atoms with E-state index in [1.165, 1.54) is 11.8 Å². The summed E-state index contributed by atoms with van der Waals surface area (Å²) in [6.45, 7) is 4.37. The first-order chi connectivity index (χ1) is 12.2. The molecule has 0 saturated heterocycles. The quantitative estimate of drug-likeness (QED) is 0.474. The fraction of sp³-hybridized carbons (Fsp3) is 0.118. The molecule has 2 heterocycles. The standard InChI is InChI=1S/C17H15ClN4OS2/c1-2-8-22-16(14-7-4-9-24-14)20-21-17(22)25-11-15(23)19-13-6-3-5-12(18)10-13/h2-7,9-10H,1,8,11H2,(H,19,23). The average Bonchev–Trinajstić information content (AvgIpc) is 3.23. The van der Waals surface area contributed by atoms with Crippen LogP contribution in [0.4, 0.5) is 5.69 Å². The van der Waals surface area contributed by atoms with Gasteiger partial charge in [0.05, 0.1) is 10.6 Å². The van der Waals surface area contributed by atoms with Crippen LogP contribution >= 0.6 is 34.7 Å². The van der Waals surface area contributed by atoms with Crippen molar-refractivity contribution in [2.24, 2.45) is 0 Å². The first-order valence-electron chi connectivity index (χ1n) is 7.43. The van der Waals surface area contributed by atoms with Crippen molar-refractivity contribution in [2.75, 3.05) is 11.1 Å². The summed E-state index contributed by atoms with van der Waals surface area (Å²) in [5.41, 5.74) is 0.671. The van der Waals surface area contributed by atoms with E-state index >= 15 is 0 Å². The van der Waals surface area contributed by atoms with Gasteiger partial charge < -0.3 is 5.32 Å². The van der Waals surface area contributed by atoms with Gasteiger partial charge in [0.2, 0.25) is 5.91 Å². The Morgan fingerprint density at radius 3 is 2.96 bits per heavy atom. The highest BCUT2D eigenvalue weighted by Gasteiger charge is 2.15. The van der Waals surface area contributed by atoms with Crippen molar-refractivity contribution in [2.45, 2.75) is 11.7 Å². The smallest absolute Gasteiger partial charge is 0.234 e. The number of anilines is 1. The summed E-state index contributed by atoms with van der Waals surface area (Å²) >= 11 is 8.86. The Bertz CT molecular complexity index is 877. The number of amides is 1. The number of hydrogen-bond acceptors (Lipinski definition) is 5. The first kappa shape index (κ1) is 17.7. The Labute approximate surface area is 158 Å². The number of hydrogen-bond donors (Lipinski definition) is 1. The zero-order valence-corrected chi connectivity index (χ0v) is 15.6. The van der Waals surface area contributed by atoms with Crippen molar-refractivity contribution in [1.29, 1.82) is 0 Å². The zero-order valence-electron chi connectivity index (χ0n) is 13.2. The number of benzene rings is 1. The summed E-state index contributed by atoms with van der Waals surface area (Å²) in [7, 11) is 0. The fourth-order valence-corrected chi connectivity index (χ4v) is 3.83. The predicted molar refractivity (Wildman–Crippen MR) is 104 cm³/mol. The van der Waals surface area contributed by atoms with Crippen LogP contribution in [0, 0.1) is 0 Å². The summed E-state index contributed by atoms with van der Waals surface area (Å²) in [6.07, 6.45) is 1.79. The third-order valence-electron chi connectivity index (χ3n) is 3.21. The van der Waals surface area contributed by atoms with Gasteiger partial charge in [-0.2, -0.15) is 0 Å². The number of nitrogens with one attached hydrogen (secondary N) is 1. The van der Waals surface area contributed by atoms with E-state index in [-0.39, 0.29) is 11.7 Å². The van der Waals surface area contributed by atoms with Crippen molar-refractivity contribution in [3.05, 3.63) is 59.5 Å². The number of nitrogens with zero attached hydrogens (tertiary/aromatic N) is 3. The molecule has 0 fully saturated rings. The lowest BCUT2D eigenvalue weighted by atomic mass is 10.3. The van der Waals surface area contributed by atoms with Gasteiger partial charge in [-0.3, -0.25) is 9.36 Å². The molecule has 0 aliphatic carbocycles. The summed E-state index contributed by atoms with van der Waals surface area (Å²) in [4.78, 5) is 13.2. The van der Waals surface area contributed by atoms with Gasteiger partial charge in [-0.05, 0) is 29.6 Å². The SMILES string of the molecule is C=CCn1c(SCC(=O)Nc2cccc(Cl)c2)nnc1-c1cccs1. The number of thiophene rings is 1. The number of carbonyl (C=O) groups excluding carboxylic acids is 1. The van der Waals surface area contributed by atoms with E-state index in [9.17, 15) is 4.79 Å². The normalized spacial score (nSPS) is 10.6. The van der Waals surface area contributed by atoms with E-state index in [4.69, 9.17) is 11.6 Å². The highest BCUT2D eigenvalue weighted by Crippen LogP contribution is 2.27. The summed E-state index contributed by atoms with van der Waals surface area (Å²) in [5, 5.41) is 14.6. The van der Waals surface area contributed by atoms with Gasteiger partial charge in [0, 0.05) is 17.3 Å². The van der Waals surface area contributed by atoms with Crippen LogP contribution in [0.2, 0.25) is 5.02 Å². The predicted octanol–water partition coefficient (Wildman–Crippen LogP) is 4.58. The molecule has 25 heavy (non-hydrogen) atoms. The highest BCUT2D eigenvalue weighted by molar-refractivity contribution is 7.99. The van der Waals surface area contributed by atoms with Crippen molar-refractivity contribution in [1.82, 2.24) is 14.8 Å². The van der Waals surface area contributed by atoms with E-state index < -0.39 is 0 Å². The molecule has 0 saturated carbocycles. The summed E-state index contributed by atoms with van der Waals surface area (Å²) in [6, 6.07) is 11.0. The van der Waals surface area contributed by atoms with Crippen LogP contribution in [0.1, 0.15) is 0 Å². The topological polar surface area (TPSA) is 59.8 Å². The van der Waals surface area contributed by atoms with E-state index in [0.717, 1.165) is 10.7 Å². The lowest BCUT2D eigenvalue weighted by Crippen LogP contribution is -2.14. The lowest BCUT2D eigenvalue weighted by Gasteiger charge is -2.07. The lowest BCUT2D eigenvalue weighted by molar-refractivity contribution is -0.113. The maximum atomic E-state index is 12.2. The Balaban J connectivity index is 1.68. The second-order valence-corrected chi connectivity index (χ2v) is 7.36. The fourth-order valence-electron chi connectivity index (χ4n) is 2.17. The molecule has 2 aromatic heterocycles. The van der Waals surface area contributed by atoms with Crippen LogP contribution < -0.4 is 5.32 Å². The van der Waals surface area contributed by atoms with Crippen LogP contribution in [-0.2, 0) is 11.3 Å². The van der Waals surface area contributed by atoms with Gasteiger partial charge in [0.1, 0.15) is 0 Å². The highest BCUT2D eigenvalue weighted by atomic mass is 35.5. The molecule has 1 N–H and O–H groups in total. The summed E-state index contributed by atoms with van der Waals surface area (Å²) < 4.78 is 1.95. The Morgan fingerprint density at radius 2 is 2.24 bits per heavy atom. The molecule has 1 amide bonds. The average molecular weight is 391 g/mol. The second-order valence-electron chi connectivity index (χ2n) is 5.03. The number of allylic oxidation sites excluding steroid dienone is 1. The van der Waals surface area contributed by atoms with Crippen LogP contribution in [0.5, 0.6) is 0 Å². The van der Waals surface area contributed by atoms with Gasteiger partial charge in [-0.25, -0.2) is 0 Å². The van der Waals surface area contributed by atoms with Crippen molar-refractivity contribution in [3.8, 4) is 10.7 Å². The Hall–Kier alpha value is -2.09. The van der Waals surface area contributed by atoms with E-state index in [1.807, 2.05) is 22.1 Å². The van der Waals surface area contributed by atoms with Crippen LogP contribution in [0.3, 0.4) is 0 Å². The number of rotatable bonds is 7. The van der Waals surface area contributed by atoms with Crippen LogP contribution in [0.15, 0.2) is 59.6 Å². The van der Waals surface area contributed by atoms with E-state index in [2.05, 4.69) is 22.1 Å². The molecule has 0 bridgehead atoms. The first-order valence-corrected chi connectivity index (χ1v) is 9.68. The maximum Gasteiger partial charge on any atom is 0.234 e. The van der Waals surface area contributed by atoms with Gasteiger partial charge >= 0.3 is 0 Å². The molecule has 0 unspecified atom stereocenters. The van der Waals surface area contributed by atoms with Crippen LogP contribution in [-0.4, -0.2) is 26.4 Å². The maximum absolute atomic E-state index is 12.2.